The molecular weight excluding hydrogens is 406 g/mol. The largest absolute Gasteiger partial charge is 0.369 e. The van der Waals surface area contributed by atoms with Crippen LogP contribution in [0.4, 0.5) is 5.82 Å². The molecule has 9 heteroatoms. The fourth-order valence-electron chi connectivity index (χ4n) is 5.43. The highest BCUT2D eigenvalue weighted by atomic mass is 16.5. The van der Waals surface area contributed by atoms with Gasteiger partial charge in [-0.2, -0.15) is 4.98 Å². The fourth-order valence-corrected chi connectivity index (χ4v) is 5.43. The number of carbonyl (C=O) groups is 1. The molecule has 2 aromatic rings. The summed E-state index contributed by atoms with van der Waals surface area (Å²) in [4.78, 5) is 28.0. The molecule has 32 heavy (non-hydrogen) atoms. The molecule has 0 radical (unpaired) electrons. The van der Waals surface area contributed by atoms with Crippen molar-refractivity contribution in [3.05, 3.63) is 24.2 Å². The molecule has 0 bridgehead atoms. The van der Waals surface area contributed by atoms with E-state index in [4.69, 9.17) is 15.2 Å². The van der Waals surface area contributed by atoms with Gasteiger partial charge in [0, 0.05) is 36.8 Å². The number of hydrogen-bond donors (Lipinski definition) is 1. The number of piperidine rings is 2. The highest BCUT2D eigenvalue weighted by Gasteiger charge is 2.36. The SMILES string of the molecule is CN1CCC(N2CCC[C@H]2c2nc(-c3ccnc(N4CCC(C(N)=O)CC4)c3)no2)CC1. The zero-order chi connectivity index (χ0) is 22.1. The minimum atomic E-state index is -0.202. The average molecular weight is 440 g/mol. The van der Waals surface area contributed by atoms with E-state index in [9.17, 15) is 4.79 Å². The Kier molecular flexibility index (Phi) is 6.10. The van der Waals surface area contributed by atoms with Gasteiger partial charge in [-0.25, -0.2) is 4.98 Å². The summed E-state index contributed by atoms with van der Waals surface area (Å²) in [5.74, 6) is 1.99. The molecule has 5 heterocycles. The maximum Gasteiger partial charge on any atom is 0.244 e. The summed E-state index contributed by atoms with van der Waals surface area (Å²) in [5, 5.41) is 4.32. The number of anilines is 1. The Morgan fingerprint density at radius 2 is 1.88 bits per heavy atom. The molecule has 0 saturated carbocycles. The van der Waals surface area contributed by atoms with Crippen LogP contribution in [0.5, 0.6) is 0 Å². The van der Waals surface area contributed by atoms with Gasteiger partial charge >= 0.3 is 0 Å². The number of aromatic nitrogens is 3. The Morgan fingerprint density at radius 1 is 1.09 bits per heavy atom. The van der Waals surface area contributed by atoms with Crippen LogP contribution in [0.1, 0.15) is 50.5 Å². The molecule has 0 aromatic carbocycles. The molecule has 0 aliphatic carbocycles. The van der Waals surface area contributed by atoms with Crippen LogP contribution in [0.15, 0.2) is 22.9 Å². The van der Waals surface area contributed by atoms with Crippen molar-refractivity contribution in [2.45, 2.75) is 50.6 Å². The summed E-state index contributed by atoms with van der Waals surface area (Å²) < 4.78 is 5.77. The van der Waals surface area contributed by atoms with Gasteiger partial charge < -0.3 is 20.1 Å². The molecule has 5 rings (SSSR count). The minimum absolute atomic E-state index is 0.0341. The van der Waals surface area contributed by atoms with Crippen LogP contribution in [0.25, 0.3) is 11.4 Å². The van der Waals surface area contributed by atoms with Gasteiger partial charge in [0.05, 0.1) is 6.04 Å². The van der Waals surface area contributed by atoms with Gasteiger partial charge in [-0.05, 0) is 77.3 Å². The molecule has 3 aliphatic heterocycles. The number of rotatable bonds is 5. The van der Waals surface area contributed by atoms with E-state index in [0.717, 1.165) is 69.3 Å². The van der Waals surface area contributed by atoms with E-state index in [1.165, 1.54) is 19.3 Å². The molecule has 3 saturated heterocycles. The molecule has 9 nitrogen and oxygen atoms in total. The molecule has 1 amide bonds. The molecule has 2 N–H and O–H groups in total. The molecule has 172 valence electrons. The number of hydrogen-bond acceptors (Lipinski definition) is 8. The monoisotopic (exact) mass is 439 g/mol. The second kappa shape index (κ2) is 9.15. The van der Waals surface area contributed by atoms with Crippen LogP contribution in [0.3, 0.4) is 0 Å². The van der Waals surface area contributed by atoms with Crippen LogP contribution in [-0.4, -0.2) is 76.6 Å². The highest BCUT2D eigenvalue weighted by Crippen LogP contribution is 2.36. The van der Waals surface area contributed by atoms with Crippen molar-refractivity contribution in [2.75, 3.05) is 44.7 Å². The molecular formula is C23H33N7O2. The van der Waals surface area contributed by atoms with Gasteiger partial charge in [-0.3, -0.25) is 9.69 Å². The van der Waals surface area contributed by atoms with Crippen molar-refractivity contribution >= 4 is 11.7 Å². The molecule has 3 fully saturated rings. The van der Waals surface area contributed by atoms with E-state index in [1.807, 2.05) is 12.1 Å². The number of likely N-dealkylation sites (tertiary alicyclic amines) is 2. The van der Waals surface area contributed by atoms with Crippen LogP contribution < -0.4 is 10.6 Å². The maximum atomic E-state index is 11.4. The topological polar surface area (TPSA) is 105 Å². The van der Waals surface area contributed by atoms with E-state index in [1.54, 1.807) is 6.20 Å². The summed E-state index contributed by atoms with van der Waals surface area (Å²) in [6.45, 7) is 4.96. The predicted molar refractivity (Wildman–Crippen MR) is 121 cm³/mol. The van der Waals surface area contributed by atoms with E-state index in [2.05, 4.69) is 31.9 Å². The quantitative estimate of drug-likeness (QED) is 0.755. The summed E-state index contributed by atoms with van der Waals surface area (Å²) in [6.07, 6.45) is 7.98. The van der Waals surface area contributed by atoms with Crippen molar-refractivity contribution in [3.63, 3.8) is 0 Å². The first-order valence-electron chi connectivity index (χ1n) is 11.9. The summed E-state index contributed by atoms with van der Waals surface area (Å²) in [6, 6.07) is 4.77. The maximum absolute atomic E-state index is 11.4. The predicted octanol–water partition coefficient (Wildman–Crippen LogP) is 2.06. The molecule has 0 spiro atoms. The van der Waals surface area contributed by atoms with E-state index >= 15 is 0 Å². The second-order valence-electron chi connectivity index (χ2n) is 9.45. The van der Waals surface area contributed by atoms with Crippen LogP contribution in [0.2, 0.25) is 0 Å². The lowest BCUT2D eigenvalue weighted by molar-refractivity contribution is -0.122. The van der Waals surface area contributed by atoms with Crippen LogP contribution in [0, 0.1) is 5.92 Å². The Balaban J connectivity index is 1.29. The first-order valence-corrected chi connectivity index (χ1v) is 11.9. The minimum Gasteiger partial charge on any atom is -0.369 e. The Morgan fingerprint density at radius 3 is 2.62 bits per heavy atom. The average Bonchev–Trinajstić information content (AvgIpc) is 3.50. The lowest BCUT2D eigenvalue weighted by Crippen LogP contribution is -2.43. The number of carbonyl (C=O) groups excluding carboxylic acids is 1. The third-order valence-electron chi connectivity index (χ3n) is 7.40. The van der Waals surface area contributed by atoms with Gasteiger partial charge in [0.2, 0.25) is 17.6 Å². The Hall–Kier alpha value is -2.52. The van der Waals surface area contributed by atoms with E-state index in [0.29, 0.717) is 11.9 Å². The number of nitrogens with two attached hydrogens (primary N) is 1. The number of pyridine rings is 1. The Labute approximate surface area is 188 Å². The normalized spacial score (nSPS) is 24.3. The lowest BCUT2D eigenvalue weighted by Gasteiger charge is -2.37. The summed E-state index contributed by atoms with van der Waals surface area (Å²) in [7, 11) is 2.20. The molecule has 3 aliphatic rings. The smallest absolute Gasteiger partial charge is 0.244 e. The van der Waals surface area contributed by atoms with Crippen LogP contribution in [-0.2, 0) is 4.79 Å². The summed E-state index contributed by atoms with van der Waals surface area (Å²) in [5.41, 5.74) is 6.37. The highest BCUT2D eigenvalue weighted by molar-refractivity contribution is 5.77. The molecule has 0 unspecified atom stereocenters. The first kappa shape index (κ1) is 21.3. The molecule has 1 atom stereocenters. The first-order chi connectivity index (χ1) is 15.6. The van der Waals surface area contributed by atoms with Gasteiger partial charge in [0.1, 0.15) is 5.82 Å². The summed E-state index contributed by atoms with van der Waals surface area (Å²) >= 11 is 0. The van der Waals surface area contributed by atoms with Gasteiger partial charge in [-0.15, -0.1) is 0 Å². The van der Waals surface area contributed by atoms with Gasteiger partial charge in [-0.1, -0.05) is 5.16 Å². The van der Waals surface area contributed by atoms with Gasteiger partial charge in [0.15, 0.2) is 0 Å². The third-order valence-corrected chi connectivity index (χ3v) is 7.40. The van der Waals surface area contributed by atoms with E-state index < -0.39 is 0 Å². The number of amides is 1. The van der Waals surface area contributed by atoms with Crippen LogP contribution >= 0.6 is 0 Å². The van der Waals surface area contributed by atoms with Crippen molar-refractivity contribution in [1.82, 2.24) is 24.9 Å². The van der Waals surface area contributed by atoms with E-state index in [-0.39, 0.29) is 17.9 Å². The van der Waals surface area contributed by atoms with Gasteiger partial charge in [0.25, 0.3) is 0 Å². The van der Waals surface area contributed by atoms with Crippen molar-refractivity contribution in [3.8, 4) is 11.4 Å². The van der Waals surface area contributed by atoms with Crippen molar-refractivity contribution < 1.29 is 9.32 Å². The number of nitrogens with zero attached hydrogens (tertiary/aromatic N) is 6. The third kappa shape index (κ3) is 4.36. The Bertz CT molecular complexity index is 932. The van der Waals surface area contributed by atoms with Crippen molar-refractivity contribution in [1.29, 1.82) is 0 Å². The fraction of sp³-hybridized carbons (Fsp3) is 0.652. The lowest BCUT2D eigenvalue weighted by atomic mass is 9.96. The standard InChI is InChI=1S/C23H33N7O2/c1-28-11-7-18(8-12-28)30-10-2-3-19(30)23-26-22(27-32-23)17-4-9-25-20(15-17)29-13-5-16(6-14-29)21(24)31/h4,9,15-16,18-19H,2-3,5-8,10-14H2,1H3,(H2,24,31)/t19-/m0/s1. The number of primary amides is 1. The second-order valence-corrected chi connectivity index (χ2v) is 9.45. The zero-order valence-corrected chi connectivity index (χ0v) is 18.8. The van der Waals surface area contributed by atoms with Crippen molar-refractivity contribution in [2.24, 2.45) is 11.7 Å². The molecule has 2 aromatic heterocycles. The zero-order valence-electron chi connectivity index (χ0n) is 18.8.